The Hall–Kier alpha value is -2.61. The van der Waals surface area contributed by atoms with Crippen LogP contribution in [0.1, 0.15) is 49.9 Å². The lowest BCUT2D eigenvalue weighted by atomic mass is 10.1. The van der Waals surface area contributed by atoms with E-state index >= 15 is 0 Å². The Morgan fingerprint density at radius 1 is 1.00 bits per heavy atom. The monoisotopic (exact) mass is 426 g/mol. The normalized spacial score (nSPS) is 12.6. The quantitative estimate of drug-likeness (QED) is 0.287. The summed E-state index contributed by atoms with van der Waals surface area (Å²) in [7, 11) is 0. The zero-order valence-electron chi connectivity index (χ0n) is 17.0. The maximum absolute atomic E-state index is 13.3. The lowest BCUT2D eigenvalue weighted by Gasteiger charge is -2.21. The Morgan fingerprint density at radius 2 is 1.70 bits per heavy atom. The minimum absolute atomic E-state index is 0.0216. The van der Waals surface area contributed by atoms with Gasteiger partial charge in [0.05, 0.1) is 5.56 Å². The van der Waals surface area contributed by atoms with Crippen LogP contribution in [0.15, 0.2) is 36.4 Å². The molecule has 0 heterocycles. The average molecular weight is 426 g/mol. The van der Waals surface area contributed by atoms with E-state index in [4.69, 9.17) is 14.2 Å². The fraction of sp³-hybridized carbons (Fsp3) is 0.455. The largest absolute Gasteiger partial charge is 0.449 e. The van der Waals surface area contributed by atoms with Crippen molar-refractivity contribution in [2.24, 2.45) is 0 Å². The summed E-state index contributed by atoms with van der Waals surface area (Å²) < 4.78 is 54.8. The Bertz CT molecular complexity index is 863. The SMILES string of the molecule is CCOCCCCC[C@@H](OC(=O)c1ccc2cc(OC(C)=O)ccc2c1)C(F)(F)F. The minimum Gasteiger partial charge on any atom is -0.449 e. The number of halogens is 3. The molecule has 2 aromatic carbocycles. The molecule has 164 valence electrons. The number of rotatable bonds is 10. The second kappa shape index (κ2) is 11.0. The number of carbonyl (C=O) groups is 2. The van der Waals surface area contributed by atoms with Crippen molar-refractivity contribution in [2.75, 3.05) is 13.2 Å². The van der Waals surface area contributed by atoms with Gasteiger partial charge in [0.15, 0.2) is 6.10 Å². The molecule has 8 heteroatoms. The highest BCUT2D eigenvalue weighted by Gasteiger charge is 2.42. The van der Waals surface area contributed by atoms with Crippen LogP contribution in [0.2, 0.25) is 0 Å². The van der Waals surface area contributed by atoms with Crippen LogP contribution in [0.25, 0.3) is 10.8 Å². The third kappa shape index (κ3) is 7.33. The lowest BCUT2D eigenvalue weighted by Crippen LogP contribution is -2.33. The first-order valence-corrected chi connectivity index (χ1v) is 9.78. The summed E-state index contributed by atoms with van der Waals surface area (Å²) >= 11 is 0. The molecule has 1 atom stereocenters. The van der Waals surface area contributed by atoms with E-state index in [1.54, 1.807) is 24.3 Å². The van der Waals surface area contributed by atoms with Gasteiger partial charge >= 0.3 is 18.1 Å². The molecule has 0 fully saturated rings. The summed E-state index contributed by atoms with van der Waals surface area (Å²) in [6, 6.07) is 9.16. The second-order valence-corrected chi connectivity index (χ2v) is 6.80. The van der Waals surface area contributed by atoms with Gasteiger partial charge in [-0.3, -0.25) is 4.79 Å². The molecular weight excluding hydrogens is 401 g/mol. The van der Waals surface area contributed by atoms with E-state index in [1.165, 1.54) is 19.1 Å². The molecule has 0 spiro atoms. The van der Waals surface area contributed by atoms with Crippen molar-refractivity contribution < 1.29 is 37.0 Å². The standard InChI is InChI=1S/C22H25F3O5/c1-3-28-12-6-4-5-7-20(22(23,24)25)30-21(27)18-9-8-17-14-19(29-15(2)26)11-10-16(17)13-18/h8-11,13-14,20H,3-7,12H2,1-2H3/t20-/m1/s1. The van der Waals surface area contributed by atoms with Crippen LogP contribution in [-0.4, -0.2) is 37.4 Å². The Labute approximate surface area is 173 Å². The number of esters is 2. The molecule has 2 aromatic rings. The molecule has 0 bridgehead atoms. The van der Waals surface area contributed by atoms with Gasteiger partial charge < -0.3 is 14.2 Å². The van der Waals surface area contributed by atoms with Crippen molar-refractivity contribution in [1.82, 2.24) is 0 Å². The summed E-state index contributed by atoms with van der Waals surface area (Å²) in [6.45, 7) is 4.20. The zero-order chi connectivity index (χ0) is 22.1. The van der Waals surface area contributed by atoms with Crippen LogP contribution >= 0.6 is 0 Å². The first kappa shape index (κ1) is 23.7. The van der Waals surface area contributed by atoms with Crippen molar-refractivity contribution in [3.05, 3.63) is 42.0 Å². The van der Waals surface area contributed by atoms with Gasteiger partial charge in [0, 0.05) is 20.1 Å². The molecule has 0 aliphatic heterocycles. The Morgan fingerprint density at radius 3 is 2.37 bits per heavy atom. The Balaban J connectivity index is 2.03. The van der Waals surface area contributed by atoms with E-state index in [0.29, 0.717) is 42.6 Å². The van der Waals surface area contributed by atoms with E-state index in [0.717, 1.165) is 0 Å². The average Bonchev–Trinajstić information content (AvgIpc) is 2.67. The summed E-state index contributed by atoms with van der Waals surface area (Å²) in [4.78, 5) is 23.4. The van der Waals surface area contributed by atoms with Gasteiger partial charge in [-0.1, -0.05) is 18.6 Å². The number of hydrogen-bond donors (Lipinski definition) is 0. The van der Waals surface area contributed by atoms with Gasteiger partial charge in [-0.2, -0.15) is 13.2 Å². The molecule has 0 amide bonds. The van der Waals surface area contributed by atoms with Crippen LogP contribution in [0.4, 0.5) is 13.2 Å². The van der Waals surface area contributed by atoms with Crippen LogP contribution in [0.3, 0.4) is 0 Å². The van der Waals surface area contributed by atoms with E-state index in [2.05, 4.69) is 0 Å². The van der Waals surface area contributed by atoms with Gasteiger partial charge in [-0.25, -0.2) is 4.79 Å². The highest BCUT2D eigenvalue weighted by Crippen LogP contribution is 2.29. The van der Waals surface area contributed by atoms with Gasteiger partial charge in [-0.15, -0.1) is 0 Å². The molecule has 0 N–H and O–H groups in total. The van der Waals surface area contributed by atoms with Gasteiger partial charge in [0.2, 0.25) is 0 Å². The van der Waals surface area contributed by atoms with E-state index < -0.39 is 24.2 Å². The minimum atomic E-state index is -4.63. The number of hydrogen-bond acceptors (Lipinski definition) is 5. The molecule has 0 aliphatic carbocycles. The predicted molar refractivity (Wildman–Crippen MR) is 105 cm³/mol. The fourth-order valence-electron chi connectivity index (χ4n) is 2.92. The van der Waals surface area contributed by atoms with Gasteiger partial charge in [0.1, 0.15) is 5.75 Å². The number of fused-ring (bicyclic) bond motifs is 1. The maximum atomic E-state index is 13.3. The summed E-state index contributed by atoms with van der Waals surface area (Å²) in [5, 5.41) is 1.28. The molecule has 0 aliphatic rings. The molecule has 0 saturated heterocycles. The van der Waals surface area contributed by atoms with E-state index in [9.17, 15) is 22.8 Å². The van der Waals surface area contributed by atoms with Gasteiger partial charge in [-0.05, 0) is 61.2 Å². The van der Waals surface area contributed by atoms with Crippen molar-refractivity contribution in [3.8, 4) is 5.75 Å². The second-order valence-electron chi connectivity index (χ2n) is 6.80. The smallest absolute Gasteiger partial charge is 0.425 e. The topological polar surface area (TPSA) is 61.8 Å². The third-order valence-electron chi connectivity index (χ3n) is 4.38. The molecule has 0 unspecified atom stereocenters. The number of unbranched alkanes of at least 4 members (excludes halogenated alkanes) is 2. The molecule has 2 rings (SSSR count). The van der Waals surface area contributed by atoms with E-state index in [1.807, 2.05) is 6.92 Å². The summed E-state index contributed by atoms with van der Waals surface area (Å²) in [6.07, 6.45) is -5.58. The number of alkyl halides is 3. The number of carbonyl (C=O) groups excluding carboxylic acids is 2. The van der Waals surface area contributed by atoms with Crippen molar-refractivity contribution in [1.29, 1.82) is 0 Å². The molecular formula is C22H25F3O5. The maximum Gasteiger partial charge on any atom is 0.425 e. The first-order chi connectivity index (χ1) is 14.2. The zero-order valence-corrected chi connectivity index (χ0v) is 17.0. The van der Waals surface area contributed by atoms with Crippen molar-refractivity contribution in [2.45, 2.75) is 51.8 Å². The van der Waals surface area contributed by atoms with Crippen LogP contribution in [0, 0.1) is 0 Å². The van der Waals surface area contributed by atoms with Crippen molar-refractivity contribution in [3.63, 3.8) is 0 Å². The number of ether oxygens (including phenoxy) is 3. The molecule has 30 heavy (non-hydrogen) atoms. The van der Waals surface area contributed by atoms with Crippen molar-refractivity contribution >= 4 is 22.7 Å². The van der Waals surface area contributed by atoms with Crippen LogP contribution < -0.4 is 4.74 Å². The molecule has 0 radical (unpaired) electrons. The predicted octanol–water partition coefficient (Wildman–Crippen LogP) is 5.45. The number of benzene rings is 2. The fourth-order valence-corrected chi connectivity index (χ4v) is 2.92. The summed E-state index contributed by atoms with van der Waals surface area (Å²) in [5.74, 6) is -1.16. The third-order valence-corrected chi connectivity index (χ3v) is 4.38. The molecule has 0 saturated carbocycles. The lowest BCUT2D eigenvalue weighted by molar-refractivity contribution is -0.206. The highest BCUT2D eigenvalue weighted by atomic mass is 19.4. The molecule has 5 nitrogen and oxygen atoms in total. The highest BCUT2D eigenvalue weighted by molar-refractivity contribution is 5.96. The molecule has 0 aromatic heterocycles. The van der Waals surface area contributed by atoms with Crippen LogP contribution in [0.5, 0.6) is 5.75 Å². The first-order valence-electron chi connectivity index (χ1n) is 9.78. The van der Waals surface area contributed by atoms with Gasteiger partial charge in [0.25, 0.3) is 0 Å². The van der Waals surface area contributed by atoms with E-state index in [-0.39, 0.29) is 18.4 Å². The summed E-state index contributed by atoms with van der Waals surface area (Å²) in [5.41, 5.74) is 0.0216. The Kier molecular flexibility index (Phi) is 8.65. The van der Waals surface area contributed by atoms with Crippen LogP contribution in [-0.2, 0) is 14.3 Å².